The fourth-order valence-corrected chi connectivity index (χ4v) is 4.15. The first-order valence-corrected chi connectivity index (χ1v) is 7.44. The van der Waals surface area contributed by atoms with Gasteiger partial charge in [0.25, 0.3) is 0 Å². The number of hydrogen-bond donors (Lipinski definition) is 0. The lowest BCUT2D eigenvalue weighted by atomic mass is 10.3. The predicted octanol–water partition coefficient (Wildman–Crippen LogP) is 1.59. The maximum atomic E-state index is 12.5. The Hall–Kier alpha value is -1.27. The van der Waals surface area contributed by atoms with Gasteiger partial charge in [0.15, 0.2) is 11.5 Å². The lowest BCUT2D eigenvalue weighted by molar-refractivity contribution is 0.174. The molecule has 0 aromatic heterocycles. The third-order valence-corrected chi connectivity index (χ3v) is 5.45. The Morgan fingerprint density at radius 1 is 1.28 bits per heavy atom. The summed E-state index contributed by atoms with van der Waals surface area (Å²) in [7, 11) is -3.41. The van der Waals surface area contributed by atoms with Crippen LogP contribution in [0.2, 0.25) is 0 Å². The molecule has 0 saturated carbocycles. The molecule has 1 atom stereocenters. The first-order valence-electron chi connectivity index (χ1n) is 6.00. The molecule has 2 aliphatic rings. The highest BCUT2D eigenvalue weighted by atomic mass is 32.2. The van der Waals surface area contributed by atoms with Gasteiger partial charge in [-0.1, -0.05) is 0 Å². The summed E-state index contributed by atoms with van der Waals surface area (Å²) in [6.45, 7) is 2.69. The molecular weight excluding hydrogens is 254 g/mol. The molecule has 0 N–H and O–H groups in total. The van der Waals surface area contributed by atoms with Crippen molar-refractivity contribution in [2.75, 3.05) is 13.3 Å². The van der Waals surface area contributed by atoms with Crippen LogP contribution >= 0.6 is 0 Å². The zero-order valence-corrected chi connectivity index (χ0v) is 10.9. The normalized spacial score (nSPS) is 23.5. The first kappa shape index (κ1) is 11.8. The zero-order valence-electron chi connectivity index (χ0n) is 10.1. The van der Waals surface area contributed by atoms with Gasteiger partial charge in [-0.25, -0.2) is 8.42 Å². The lowest BCUT2D eigenvalue weighted by Gasteiger charge is -2.20. The molecule has 1 aromatic rings. The van der Waals surface area contributed by atoms with Crippen molar-refractivity contribution in [1.82, 2.24) is 4.31 Å². The van der Waals surface area contributed by atoms with Gasteiger partial charge in [-0.2, -0.15) is 4.31 Å². The Morgan fingerprint density at radius 3 is 2.78 bits per heavy atom. The summed E-state index contributed by atoms with van der Waals surface area (Å²) in [5, 5.41) is 0. The van der Waals surface area contributed by atoms with Crippen LogP contribution in [0.5, 0.6) is 11.5 Å². The molecule has 2 heterocycles. The maximum absolute atomic E-state index is 12.5. The maximum Gasteiger partial charge on any atom is 0.243 e. The van der Waals surface area contributed by atoms with E-state index in [9.17, 15) is 8.42 Å². The van der Waals surface area contributed by atoms with Crippen LogP contribution in [0.1, 0.15) is 19.8 Å². The van der Waals surface area contributed by atoms with Crippen LogP contribution < -0.4 is 9.47 Å². The van der Waals surface area contributed by atoms with Gasteiger partial charge in [0.2, 0.25) is 16.8 Å². The zero-order chi connectivity index (χ0) is 12.8. The van der Waals surface area contributed by atoms with Gasteiger partial charge in [0.1, 0.15) is 0 Å². The van der Waals surface area contributed by atoms with Gasteiger partial charge in [0, 0.05) is 18.7 Å². The number of nitrogens with zero attached hydrogens (tertiary/aromatic N) is 1. The second-order valence-electron chi connectivity index (χ2n) is 4.62. The Labute approximate surface area is 106 Å². The van der Waals surface area contributed by atoms with Gasteiger partial charge >= 0.3 is 0 Å². The number of ether oxygens (including phenoxy) is 2. The van der Waals surface area contributed by atoms with E-state index in [2.05, 4.69) is 0 Å². The average molecular weight is 269 g/mol. The van der Waals surface area contributed by atoms with Gasteiger partial charge in [-0.05, 0) is 31.9 Å². The van der Waals surface area contributed by atoms with Crippen LogP contribution in [0, 0.1) is 0 Å². The van der Waals surface area contributed by atoms with E-state index >= 15 is 0 Å². The van der Waals surface area contributed by atoms with Crippen LogP contribution in [0.25, 0.3) is 0 Å². The average Bonchev–Trinajstić information content (AvgIpc) is 2.95. The molecule has 1 saturated heterocycles. The monoisotopic (exact) mass is 269 g/mol. The summed E-state index contributed by atoms with van der Waals surface area (Å²) < 4.78 is 36.9. The summed E-state index contributed by atoms with van der Waals surface area (Å²) in [5.74, 6) is 1.10. The first-order chi connectivity index (χ1) is 8.59. The lowest BCUT2D eigenvalue weighted by Crippen LogP contribution is -2.33. The van der Waals surface area contributed by atoms with Crippen LogP contribution in [-0.4, -0.2) is 32.1 Å². The highest BCUT2D eigenvalue weighted by molar-refractivity contribution is 7.89. The Kier molecular flexibility index (Phi) is 2.71. The summed E-state index contributed by atoms with van der Waals surface area (Å²) in [5.41, 5.74) is 0. The summed E-state index contributed by atoms with van der Waals surface area (Å²) in [6, 6.07) is 4.84. The van der Waals surface area contributed by atoms with Gasteiger partial charge < -0.3 is 9.47 Å². The fourth-order valence-electron chi connectivity index (χ4n) is 2.44. The van der Waals surface area contributed by atoms with Crippen molar-refractivity contribution in [2.45, 2.75) is 30.7 Å². The van der Waals surface area contributed by atoms with E-state index in [1.807, 2.05) is 6.92 Å². The highest BCUT2D eigenvalue weighted by Gasteiger charge is 2.33. The minimum atomic E-state index is -3.41. The molecule has 0 radical (unpaired) electrons. The predicted molar refractivity (Wildman–Crippen MR) is 65.2 cm³/mol. The molecule has 3 rings (SSSR count). The molecule has 5 nitrogen and oxygen atoms in total. The fraction of sp³-hybridized carbons (Fsp3) is 0.500. The van der Waals surface area contributed by atoms with Crippen LogP contribution in [0.4, 0.5) is 0 Å². The van der Waals surface area contributed by atoms with Crippen LogP contribution in [-0.2, 0) is 10.0 Å². The van der Waals surface area contributed by atoms with Gasteiger partial charge in [-0.3, -0.25) is 0 Å². The molecule has 1 fully saturated rings. The minimum absolute atomic E-state index is 0.0698. The van der Waals surface area contributed by atoms with Gasteiger partial charge in [0.05, 0.1) is 4.90 Å². The van der Waals surface area contributed by atoms with Gasteiger partial charge in [-0.15, -0.1) is 0 Å². The number of fused-ring (bicyclic) bond motifs is 1. The molecule has 18 heavy (non-hydrogen) atoms. The largest absolute Gasteiger partial charge is 0.454 e. The molecule has 2 aliphatic heterocycles. The van der Waals surface area contributed by atoms with E-state index in [1.165, 1.54) is 0 Å². The molecule has 0 spiro atoms. The molecule has 0 bridgehead atoms. The molecule has 98 valence electrons. The van der Waals surface area contributed by atoms with Crippen LogP contribution in [0.3, 0.4) is 0 Å². The number of hydrogen-bond acceptors (Lipinski definition) is 4. The molecular formula is C12H15NO4S. The minimum Gasteiger partial charge on any atom is -0.454 e. The summed E-state index contributed by atoms with van der Waals surface area (Å²) in [6.07, 6.45) is 1.84. The number of benzene rings is 1. The van der Waals surface area contributed by atoms with Crippen molar-refractivity contribution in [3.63, 3.8) is 0 Å². The van der Waals surface area contributed by atoms with E-state index in [1.54, 1.807) is 22.5 Å². The molecule has 1 aromatic carbocycles. The summed E-state index contributed by atoms with van der Waals surface area (Å²) in [4.78, 5) is 0.278. The Balaban J connectivity index is 1.99. The van der Waals surface area contributed by atoms with Crippen molar-refractivity contribution in [3.8, 4) is 11.5 Å². The van der Waals surface area contributed by atoms with Crippen molar-refractivity contribution in [2.24, 2.45) is 0 Å². The number of rotatable bonds is 2. The Bertz CT molecular complexity index is 569. The van der Waals surface area contributed by atoms with Crippen molar-refractivity contribution >= 4 is 10.0 Å². The third-order valence-electron chi connectivity index (χ3n) is 3.44. The second kappa shape index (κ2) is 4.13. The topological polar surface area (TPSA) is 55.8 Å². The van der Waals surface area contributed by atoms with E-state index in [0.717, 1.165) is 12.8 Å². The summed E-state index contributed by atoms with van der Waals surface area (Å²) >= 11 is 0. The molecule has 1 unspecified atom stereocenters. The third kappa shape index (κ3) is 1.76. The van der Waals surface area contributed by atoms with Crippen molar-refractivity contribution in [3.05, 3.63) is 18.2 Å². The van der Waals surface area contributed by atoms with E-state index in [-0.39, 0.29) is 17.7 Å². The smallest absolute Gasteiger partial charge is 0.243 e. The quantitative estimate of drug-likeness (QED) is 0.818. The van der Waals surface area contributed by atoms with E-state index in [0.29, 0.717) is 18.0 Å². The number of sulfonamides is 1. The Morgan fingerprint density at radius 2 is 2.06 bits per heavy atom. The molecule has 6 heteroatoms. The highest BCUT2D eigenvalue weighted by Crippen LogP contribution is 2.35. The second-order valence-corrected chi connectivity index (χ2v) is 6.51. The SMILES string of the molecule is CC1CCCN1S(=O)(=O)c1ccc2c(c1)OCO2. The standard InChI is InChI=1S/C12H15NO4S/c1-9-3-2-6-13(9)18(14,15)10-4-5-11-12(7-10)17-8-16-11/h4-5,7,9H,2-3,6,8H2,1H3. The molecule has 0 aliphatic carbocycles. The molecule has 0 amide bonds. The van der Waals surface area contributed by atoms with Crippen molar-refractivity contribution in [1.29, 1.82) is 0 Å². The van der Waals surface area contributed by atoms with E-state index < -0.39 is 10.0 Å². The van der Waals surface area contributed by atoms with E-state index in [4.69, 9.17) is 9.47 Å². The van der Waals surface area contributed by atoms with Crippen molar-refractivity contribution < 1.29 is 17.9 Å². The van der Waals surface area contributed by atoms with Crippen LogP contribution in [0.15, 0.2) is 23.1 Å².